The lowest BCUT2D eigenvalue weighted by atomic mass is 10.0. The fourth-order valence-electron chi connectivity index (χ4n) is 2.65. The van der Waals surface area contributed by atoms with E-state index < -0.39 is 0 Å². The number of likely N-dealkylation sites (N-methyl/N-ethyl adjacent to an activating group) is 1. The molecule has 0 saturated carbocycles. The second-order valence-electron chi connectivity index (χ2n) is 5.57. The summed E-state index contributed by atoms with van der Waals surface area (Å²) in [4.78, 5) is 14.4. The van der Waals surface area contributed by atoms with Crippen LogP contribution in [0.15, 0.2) is 18.2 Å². The van der Waals surface area contributed by atoms with E-state index in [9.17, 15) is 4.79 Å². The lowest BCUT2D eigenvalue weighted by Gasteiger charge is -2.25. The third-order valence-corrected chi connectivity index (χ3v) is 4.12. The molecule has 1 heterocycles. The summed E-state index contributed by atoms with van der Waals surface area (Å²) in [5, 5.41) is 0. The maximum atomic E-state index is 12.3. The van der Waals surface area contributed by atoms with Gasteiger partial charge in [-0.1, -0.05) is 12.1 Å². The van der Waals surface area contributed by atoms with E-state index in [2.05, 4.69) is 18.7 Å². The number of benzene rings is 1. The van der Waals surface area contributed by atoms with E-state index in [4.69, 9.17) is 4.74 Å². The van der Waals surface area contributed by atoms with E-state index in [0.717, 1.165) is 18.6 Å². The summed E-state index contributed by atoms with van der Waals surface area (Å²) in [6.45, 7) is 7.44. The Morgan fingerprint density at radius 1 is 1.37 bits per heavy atom. The number of rotatable bonds is 4. The molecule has 0 spiro atoms. The number of aryl methyl sites for hydroxylation is 2. The van der Waals surface area contributed by atoms with Crippen LogP contribution in [0.2, 0.25) is 0 Å². The predicted octanol–water partition coefficient (Wildman–Crippen LogP) is 2.60. The van der Waals surface area contributed by atoms with Crippen molar-refractivity contribution in [3.63, 3.8) is 0 Å². The molecule has 0 bridgehead atoms. The lowest BCUT2D eigenvalue weighted by Crippen LogP contribution is -2.39. The Balaban J connectivity index is 2.02. The van der Waals surface area contributed by atoms with Gasteiger partial charge in [0.15, 0.2) is 5.78 Å². The van der Waals surface area contributed by atoms with Crippen LogP contribution in [0.4, 0.5) is 0 Å². The molecule has 0 aromatic heterocycles. The van der Waals surface area contributed by atoms with Crippen molar-refractivity contribution in [2.24, 2.45) is 0 Å². The maximum Gasteiger partial charge on any atom is 0.176 e. The van der Waals surface area contributed by atoms with Crippen LogP contribution in [0, 0.1) is 13.8 Å². The summed E-state index contributed by atoms with van der Waals surface area (Å²) in [7, 11) is 2.01. The van der Waals surface area contributed by atoms with Crippen molar-refractivity contribution >= 4 is 5.78 Å². The first-order valence-electron chi connectivity index (χ1n) is 6.91. The third-order valence-electron chi connectivity index (χ3n) is 4.12. The minimum Gasteiger partial charge on any atom is -0.377 e. The number of ketones is 1. The SMILES string of the molecule is Cc1ccc(C(=O)CN(C)C2CCOC2C)cc1C. The van der Waals surface area contributed by atoms with Gasteiger partial charge in [-0.15, -0.1) is 0 Å². The van der Waals surface area contributed by atoms with Crippen LogP contribution >= 0.6 is 0 Å². The minimum absolute atomic E-state index is 0.185. The van der Waals surface area contributed by atoms with Crippen LogP contribution in [0.5, 0.6) is 0 Å². The fourth-order valence-corrected chi connectivity index (χ4v) is 2.65. The first-order chi connectivity index (χ1) is 8.99. The quantitative estimate of drug-likeness (QED) is 0.780. The third kappa shape index (κ3) is 3.23. The van der Waals surface area contributed by atoms with Gasteiger partial charge in [0.2, 0.25) is 0 Å². The number of Topliss-reactive ketones (excluding diaryl/α,β-unsaturated/α-hetero) is 1. The van der Waals surface area contributed by atoms with Crippen molar-refractivity contribution < 1.29 is 9.53 Å². The molecular weight excluding hydrogens is 238 g/mol. The Morgan fingerprint density at radius 2 is 2.11 bits per heavy atom. The number of nitrogens with zero attached hydrogens (tertiary/aromatic N) is 1. The number of ether oxygens (including phenoxy) is 1. The summed E-state index contributed by atoms with van der Waals surface area (Å²) >= 11 is 0. The number of carbonyl (C=O) groups is 1. The van der Waals surface area contributed by atoms with Crippen molar-refractivity contribution in [2.75, 3.05) is 20.2 Å². The molecular formula is C16H23NO2. The van der Waals surface area contributed by atoms with E-state index in [1.165, 1.54) is 11.1 Å². The van der Waals surface area contributed by atoms with Crippen molar-refractivity contribution in [2.45, 2.75) is 39.3 Å². The molecule has 1 aromatic carbocycles. The first kappa shape index (κ1) is 14.2. The topological polar surface area (TPSA) is 29.5 Å². The lowest BCUT2D eigenvalue weighted by molar-refractivity contribution is 0.0745. The molecule has 19 heavy (non-hydrogen) atoms. The van der Waals surface area contributed by atoms with E-state index in [1.54, 1.807) is 0 Å². The van der Waals surface area contributed by atoms with Gasteiger partial charge in [-0.05, 0) is 51.4 Å². The molecule has 0 N–H and O–H groups in total. The molecule has 0 amide bonds. The fraction of sp³-hybridized carbons (Fsp3) is 0.562. The Bertz CT molecular complexity index is 470. The Morgan fingerprint density at radius 3 is 2.68 bits per heavy atom. The molecule has 1 aromatic rings. The van der Waals surface area contributed by atoms with Crippen molar-refractivity contribution in [3.8, 4) is 0 Å². The minimum atomic E-state index is 0.185. The molecule has 0 radical (unpaired) electrons. The molecule has 104 valence electrons. The summed E-state index contributed by atoms with van der Waals surface area (Å²) in [5.41, 5.74) is 3.20. The largest absolute Gasteiger partial charge is 0.377 e. The zero-order valence-corrected chi connectivity index (χ0v) is 12.3. The van der Waals surface area contributed by atoms with Gasteiger partial charge in [0.25, 0.3) is 0 Å². The van der Waals surface area contributed by atoms with Gasteiger partial charge in [0.05, 0.1) is 12.6 Å². The highest BCUT2D eigenvalue weighted by Crippen LogP contribution is 2.19. The Kier molecular flexibility index (Phi) is 4.38. The number of hydrogen-bond acceptors (Lipinski definition) is 3. The Hall–Kier alpha value is -1.19. The van der Waals surface area contributed by atoms with Crippen molar-refractivity contribution in [1.82, 2.24) is 4.90 Å². The van der Waals surface area contributed by atoms with Crippen LogP contribution in [0.25, 0.3) is 0 Å². The van der Waals surface area contributed by atoms with Gasteiger partial charge in [-0.25, -0.2) is 0 Å². The van der Waals surface area contributed by atoms with E-state index in [0.29, 0.717) is 12.6 Å². The average Bonchev–Trinajstić information content (AvgIpc) is 2.79. The summed E-state index contributed by atoms with van der Waals surface area (Å²) in [5.74, 6) is 0.185. The van der Waals surface area contributed by atoms with Crippen LogP contribution in [-0.2, 0) is 4.74 Å². The smallest absolute Gasteiger partial charge is 0.176 e. The van der Waals surface area contributed by atoms with Gasteiger partial charge in [-0.3, -0.25) is 9.69 Å². The highest BCUT2D eigenvalue weighted by atomic mass is 16.5. The maximum absolute atomic E-state index is 12.3. The molecule has 1 fully saturated rings. The second kappa shape index (κ2) is 5.85. The summed E-state index contributed by atoms with van der Waals surface area (Å²) in [6, 6.07) is 6.28. The van der Waals surface area contributed by atoms with Crippen LogP contribution in [0.1, 0.15) is 34.8 Å². The number of hydrogen-bond donors (Lipinski definition) is 0. The first-order valence-corrected chi connectivity index (χ1v) is 6.91. The summed E-state index contributed by atoms with van der Waals surface area (Å²) < 4.78 is 5.56. The standard InChI is InChI=1S/C16H23NO2/c1-11-5-6-14(9-12(11)2)16(18)10-17(4)15-7-8-19-13(15)3/h5-6,9,13,15H,7-8,10H2,1-4H3. The van der Waals surface area contributed by atoms with Gasteiger partial charge < -0.3 is 4.74 Å². The number of carbonyl (C=O) groups excluding carboxylic acids is 1. The van der Waals surface area contributed by atoms with Gasteiger partial charge in [0, 0.05) is 18.2 Å². The average molecular weight is 261 g/mol. The monoisotopic (exact) mass is 261 g/mol. The van der Waals surface area contributed by atoms with E-state index >= 15 is 0 Å². The van der Waals surface area contributed by atoms with Crippen LogP contribution < -0.4 is 0 Å². The van der Waals surface area contributed by atoms with Crippen LogP contribution in [-0.4, -0.2) is 43.0 Å². The molecule has 1 saturated heterocycles. The van der Waals surface area contributed by atoms with Gasteiger partial charge in [-0.2, -0.15) is 0 Å². The Labute approximate surface area is 115 Å². The normalized spacial score (nSPS) is 23.0. The molecule has 2 atom stereocenters. The highest BCUT2D eigenvalue weighted by Gasteiger charge is 2.28. The van der Waals surface area contributed by atoms with E-state index in [1.807, 2.05) is 32.2 Å². The molecule has 2 unspecified atom stereocenters. The highest BCUT2D eigenvalue weighted by molar-refractivity contribution is 5.97. The van der Waals surface area contributed by atoms with Crippen molar-refractivity contribution in [1.29, 1.82) is 0 Å². The van der Waals surface area contributed by atoms with E-state index in [-0.39, 0.29) is 11.9 Å². The van der Waals surface area contributed by atoms with Crippen LogP contribution in [0.3, 0.4) is 0 Å². The zero-order valence-electron chi connectivity index (χ0n) is 12.3. The molecule has 0 aliphatic carbocycles. The van der Waals surface area contributed by atoms with Gasteiger partial charge >= 0.3 is 0 Å². The molecule has 3 heteroatoms. The zero-order chi connectivity index (χ0) is 14.0. The summed E-state index contributed by atoms with van der Waals surface area (Å²) in [6.07, 6.45) is 1.23. The molecule has 3 nitrogen and oxygen atoms in total. The molecule has 1 aliphatic heterocycles. The predicted molar refractivity (Wildman–Crippen MR) is 76.7 cm³/mol. The second-order valence-corrected chi connectivity index (χ2v) is 5.57. The molecule has 1 aliphatic rings. The van der Waals surface area contributed by atoms with Crippen molar-refractivity contribution in [3.05, 3.63) is 34.9 Å². The van der Waals surface area contributed by atoms with Gasteiger partial charge in [0.1, 0.15) is 0 Å². The molecule has 2 rings (SSSR count).